The Kier molecular flexibility index (Phi) is 4.85. The van der Waals surface area contributed by atoms with E-state index in [1.165, 1.54) is 11.1 Å². The lowest BCUT2D eigenvalue weighted by atomic mass is 9.80. The second-order valence-electron chi connectivity index (χ2n) is 7.35. The molecule has 0 radical (unpaired) electrons. The first-order valence-corrected chi connectivity index (χ1v) is 9.46. The van der Waals surface area contributed by atoms with Gasteiger partial charge in [0.2, 0.25) is 0 Å². The largest absolute Gasteiger partial charge is 0.493 e. The third-order valence-corrected chi connectivity index (χ3v) is 6.10. The van der Waals surface area contributed by atoms with E-state index in [0.717, 1.165) is 29.0 Å². The quantitative estimate of drug-likeness (QED) is 0.870. The summed E-state index contributed by atoms with van der Waals surface area (Å²) >= 11 is 0. The van der Waals surface area contributed by atoms with Crippen molar-refractivity contribution in [3.8, 4) is 23.0 Å². The molecule has 4 rings (SSSR count). The molecule has 0 saturated heterocycles. The molecule has 2 aliphatic rings. The molecule has 1 N–H and O–H groups in total. The lowest BCUT2D eigenvalue weighted by Gasteiger charge is -2.47. The van der Waals surface area contributed by atoms with Gasteiger partial charge in [0.25, 0.3) is 0 Å². The maximum absolute atomic E-state index is 10.8. The van der Waals surface area contributed by atoms with Crippen LogP contribution in [-0.2, 0) is 6.42 Å². The Labute approximate surface area is 165 Å². The molecule has 0 spiro atoms. The summed E-state index contributed by atoms with van der Waals surface area (Å²) in [7, 11) is 6.56. The van der Waals surface area contributed by atoms with Gasteiger partial charge in [0.05, 0.1) is 34.5 Å². The average Bonchev–Trinajstić information content (AvgIpc) is 2.73. The van der Waals surface area contributed by atoms with Crippen molar-refractivity contribution in [2.45, 2.75) is 31.5 Å². The van der Waals surface area contributed by atoms with E-state index in [4.69, 9.17) is 18.9 Å². The van der Waals surface area contributed by atoms with E-state index < -0.39 is 6.10 Å². The molecule has 6 heteroatoms. The summed E-state index contributed by atoms with van der Waals surface area (Å²) in [5, 5.41) is 10.8. The third-order valence-electron chi connectivity index (χ3n) is 6.10. The van der Waals surface area contributed by atoms with E-state index in [9.17, 15) is 5.11 Å². The van der Waals surface area contributed by atoms with Crippen molar-refractivity contribution in [1.82, 2.24) is 4.90 Å². The van der Waals surface area contributed by atoms with Gasteiger partial charge in [-0.05, 0) is 59.9 Å². The van der Waals surface area contributed by atoms with Crippen LogP contribution in [0, 0.1) is 0 Å². The summed E-state index contributed by atoms with van der Waals surface area (Å²) in [6, 6.07) is 8.35. The summed E-state index contributed by atoms with van der Waals surface area (Å²) in [6.45, 7) is 2.75. The van der Waals surface area contributed by atoms with Crippen molar-refractivity contribution < 1.29 is 24.1 Å². The van der Waals surface area contributed by atoms with E-state index in [1.807, 2.05) is 12.1 Å². The van der Waals surface area contributed by atoms with Gasteiger partial charge in [-0.1, -0.05) is 0 Å². The highest BCUT2D eigenvalue weighted by Crippen LogP contribution is 2.50. The van der Waals surface area contributed by atoms with Crippen LogP contribution in [0.3, 0.4) is 0 Å². The van der Waals surface area contributed by atoms with Crippen LogP contribution in [-0.4, -0.2) is 45.0 Å². The zero-order valence-electron chi connectivity index (χ0n) is 17.0. The maximum atomic E-state index is 10.8. The monoisotopic (exact) mass is 385 g/mol. The number of nitrogens with zero attached hydrogens (tertiary/aromatic N) is 1. The zero-order chi connectivity index (χ0) is 20.0. The Morgan fingerprint density at radius 1 is 0.786 bits per heavy atom. The minimum absolute atomic E-state index is 0.143. The first-order chi connectivity index (χ1) is 13.5. The van der Waals surface area contributed by atoms with E-state index in [2.05, 4.69) is 24.0 Å². The Morgan fingerprint density at radius 2 is 1.29 bits per heavy atom. The molecule has 0 fully saturated rings. The molecule has 0 aliphatic carbocycles. The van der Waals surface area contributed by atoms with Gasteiger partial charge < -0.3 is 24.1 Å². The molecular formula is C22H27NO5. The molecule has 2 aromatic carbocycles. The molecule has 28 heavy (non-hydrogen) atoms. The lowest BCUT2D eigenvalue weighted by molar-refractivity contribution is 0.0326. The van der Waals surface area contributed by atoms with Gasteiger partial charge >= 0.3 is 0 Å². The minimum atomic E-state index is -0.574. The van der Waals surface area contributed by atoms with Crippen LogP contribution in [0.4, 0.5) is 0 Å². The van der Waals surface area contributed by atoms with E-state index in [0.29, 0.717) is 18.0 Å². The van der Waals surface area contributed by atoms with Crippen molar-refractivity contribution in [3.05, 3.63) is 46.5 Å². The van der Waals surface area contributed by atoms with E-state index in [1.54, 1.807) is 28.4 Å². The van der Waals surface area contributed by atoms with Crippen LogP contribution in [0.5, 0.6) is 23.0 Å². The highest BCUT2D eigenvalue weighted by atomic mass is 16.5. The maximum Gasteiger partial charge on any atom is 0.161 e. The van der Waals surface area contributed by atoms with Crippen molar-refractivity contribution in [2.24, 2.45) is 0 Å². The topological polar surface area (TPSA) is 60.4 Å². The van der Waals surface area contributed by atoms with Gasteiger partial charge in [-0.25, -0.2) is 0 Å². The fraction of sp³-hybridized carbons (Fsp3) is 0.455. The predicted molar refractivity (Wildman–Crippen MR) is 106 cm³/mol. The molecule has 6 nitrogen and oxygen atoms in total. The highest BCUT2D eigenvalue weighted by molar-refractivity contribution is 5.54. The van der Waals surface area contributed by atoms with E-state index >= 15 is 0 Å². The molecular weight excluding hydrogens is 358 g/mol. The number of hydrogen-bond donors (Lipinski definition) is 1. The number of hydrogen-bond acceptors (Lipinski definition) is 6. The first-order valence-electron chi connectivity index (χ1n) is 9.46. The summed E-state index contributed by atoms with van der Waals surface area (Å²) in [6.07, 6.45) is 0.255. The molecule has 2 aromatic rings. The lowest BCUT2D eigenvalue weighted by Crippen LogP contribution is -2.43. The summed E-state index contributed by atoms with van der Waals surface area (Å²) < 4.78 is 22.0. The number of ether oxygens (including phenoxy) is 4. The third kappa shape index (κ3) is 2.79. The fourth-order valence-corrected chi connectivity index (χ4v) is 4.64. The van der Waals surface area contributed by atoms with E-state index in [-0.39, 0.29) is 12.1 Å². The standard InChI is InChI=1S/C22H27NO5/c1-12-14-8-20(26-3)19(25-2)7-13(14)6-17-15-9-21(27-4)22(28-5)10-16(15)18(24)11-23(12)17/h7-10,12,17-18,24H,6,11H2,1-5H3/t12-,17-,18+/m0/s1. The van der Waals surface area contributed by atoms with Gasteiger partial charge in [-0.3, -0.25) is 4.90 Å². The van der Waals surface area contributed by atoms with Crippen molar-refractivity contribution >= 4 is 0 Å². The number of aliphatic hydroxyl groups is 1. The van der Waals surface area contributed by atoms with Crippen molar-refractivity contribution in [1.29, 1.82) is 0 Å². The highest BCUT2D eigenvalue weighted by Gasteiger charge is 2.40. The minimum Gasteiger partial charge on any atom is -0.493 e. The van der Waals surface area contributed by atoms with Crippen LogP contribution in [0.2, 0.25) is 0 Å². The Balaban J connectivity index is 1.83. The number of aliphatic hydroxyl groups excluding tert-OH is 1. The van der Waals surface area contributed by atoms with Gasteiger partial charge in [0.1, 0.15) is 0 Å². The molecule has 150 valence electrons. The Hall–Kier alpha value is -2.44. The molecule has 2 heterocycles. The summed E-state index contributed by atoms with van der Waals surface area (Å²) in [5.41, 5.74) is 4.45. The molecule has 0 saturated carbocycles. The molecule has 3 atom stereocenters. The Morgan fingerprint density at radius 3 is 1.86 bits per heavy atom. The van der Waals surface area contributed by atoms with Gasteiger partial charge in [0, 0.05) is 18.6 Å². The molecule has 0 amide bonds. The van der Waals surface area contributed by atoms with Gasteiger partial charge in [-0.15, -0.1) is 0 Å². The second-order valence-corrected chi connectivity index (χ2v) is 7.35. The fourth-order valence-electron chi connectivity index (χ4n) is 4.64. The summed E-state index contributed by atoms with van der Waals surface area (Å²) in [4.78, 5) is 2.35. The van der Waals surface area contributed by atoms with Crippen LogP contribution in [0.1, 0.15) is 47.4 Å². The number of benzene rings is 2. The SMILES string of the molecule is COc1cc2c(cc1OC)[C@H](C)N1C[C@@H](O)c3cc(OC)c(OC)cc3[C@@H]1C2. The normalized spacial score (nSPS) is 23.3. The molecule has 0 bridgehead atoms. The van der Waals surface area contributed by atoms with Crippen molar-refractivity contribution in [3.63, 3.8) is 0 Å². The van der Waals surface area contributed by atoms with Crippen LogP contribution < -0.4 is 18.9 Å². The number of methoxy groups -OCH3 is 4. The number of rotatable bonds is 4. The zero-order valence-corrected chi connectivity index (χ0v) is 17.0. The van der Waals surface area contributed by atoms with Crippen molar-refractivity contribution in [2.75, 3.05) is 35.0 Å². The first kappa shape index (κ1) is 18.9. The van der Waals surface area contributed by atoms with Crippen LogP contribution in [0.15, 0.2) is 24.3 Å². The summed E-state index contributed by atoms with van der Waals surface area (Å²) in [5.74, 6) is 2.80. The predicted octanol–water partition coefficient (Wildman–Crippen LogP) is 3.43. The van der Waals surface area contributed by atoms with Gasteiger partial charge in [-0.2, -0.15) is 0 Å². The van der Waals surface area contributed by atoms with Crippen LogP contribution >= 0.6 is 0 Å². The Bertz CT molecular complexity index is 897. The average molecular weight is 385 g/mol. The van der Waals surface area contributed by atoms with Gasteiger partial charge in [0.15, 0.2) is 23.0 Å². The second kappa shape index (κ2) is 7.18. The smallest absolute Gasteiger partial charge is 0.161 e. The number of fused-ring (bicyclic) bond motifs is 4. The molecule has 0 unspecified atom stereocenters. The molecule has 2 aliphatic heterocycles. The van der Waals surface area contributed by atoms with Crippen LogP contribution in [0.25, 0.3) is 0 Å². The molecule has 0 aromatic heterocycles.